The molecule has 4 nitrogen and oxygen atoms in total. The van der Waals surface area contributed by atoms with Crippen LogP contribution >= 0.6 is 7.60 Å². The fraction of sp³-hybridized carbons (Fsp3) is 0.143. The quantitative estimate of drug-likeness (QED) is 0.673. The van der Waals surface area contributed by atoms with Crippen molar-refractivity contribution < 1.29 is 18.7 Å². The summed E-state index contributed by atoms with van der Waals surface area (Å²) in [6.07, 6.45) is 1.41. The van der Waals surface area contributed by atoms with E-state index in [-0.39, 0.29) is 0 Å². The van der Waals surface area contributed by atoms with Crippen LogP contribution in [0.5, 0.6) is 0 Å². The second-order valence-corrected chi connectivity index (χ2v) is 6.12. The predicted octanol–water partition coefficient (Wildman–Crippen LogP) is 4.18. The molecule has 0 radical (unpaired) electrons. The summed E-state index contributed by atoms with van der Waals surface area (Å²) < 4.78 is 21.5. The average molecular weight is 278 g/mol. The third-order valence-corrected chi connectivity index (χ3v) is 4.52. The van der Waals surface area contributed by atoms with E-state index >= 15 is 0 Å². The van der Waals surface area contributed by atoms with Crippen molar-refractivity contribution in [2.45, 2.75) is 0 Å². The van der Waals surface area contributed by atoms with E-state index in [0.29, 0.717) is 0 Å². The molecule has 5 heteroatoms. The van der Waals surface area contributed by atoms with E-state index < -0.39 is 13.1 Å². The Labute approximate surface area is 111 Å². The zero-order valence-electron chi connectivity index (χ0n) is 10.7. The molecule has 0 spiro atoms. The second-order valence-electron chi connectivity index (χ2n) is 3.93. The highest BCUT2D eigenvalue weighted by Gasteiger charge is 2.27. The number of fused-ring (bicyclic) bond motifs is 1. The van der Waals surface area contributed by atoms with E-state index in [0.717, 1.165) is 16.3 Å². The highest BCUT2D eigenvalue weighted by molar-refractivity contribution is 7.58. The minimum absolute atomic E-state index is 0.408. The normalized spacial score (nSPS) is 12.8. The maximum absolute atomic E-state index is 12.0. The Morgan fingerprint density at radius 3 is 2.42 bits per heavy atom. The van der Waals surface area contributed by atoms with E-state index in [1.165, 1.54) is 20.3 Å². The van der Waals surface area contributed by atoms with E-state index in [9.17, 15) is 9.67 Å². The van der Waals surface area contributed by atoms with Gasteiger partial charge in [-0.3, -0.25) is 4.57 Å². The molecule has 0 aliphatic heterocycles. The van der Waals surface area contributed by atoms with Gasteiger partial charge in [0.1, 0.15) is 0 Å². The molecule has 2 aromatic carbocycles. The lowest BCUT2D eigenvalue weighted by Gasteiger charge is -2.12. The summed E-state index contributed by atoms with van der Waals surface area (Å²) in [4.78, 5) is 0. The number of rotatable bonds is 4. The Morgan fingerprint density at radius 2 is 1.74 bits per heavy atom. The molecule has 2 aromatic rings. The summed E-state index contributed by atoms with van der Waals surface area (Å²) in [5.41, 5.74) is 0.346. The molecule has 0 saturated carbocycles. The summed E-state index contributed by atoms with van der Waals surface area (Å²) in [6.45, 7) is 0. The highest BCUT2D eigenvalue weighted by Crippen LogP contribution is 2.53. The van der Waals surface area contributed by atoms with Gasteiger partial charge in [0.05, 0.1) is 0 Å². The summed E-state index contributed by atoms with van der Waals surface area (Å²) >= 11 is 0. The highest BCUT2D eigenvalue weighted by atomic mass is 31.2. The van der Waals surface area contributed by atoms with Gasteiger partial charge in [-0.25, -0.2) is 0 Å². The molecule has 0 aliphatic carbocycles. The minimum Gasteiger partial charge on any atom is -0.501 e. The van der Waals surface area contributed by atoms with Gasteiger partial charge in [-0.1, -0.05) is 42.5 Å². The average Bonchev–Trinajstić information content (AvgIpc) is 2.46. The molecule has 0 saturated heterocycles. The summed E-state index contributed by atoms with van der Waals surface area (Å²) in [5.74, 6) is 0. The van der Waals surface area contributed by atoms with E-state index in [4.69, 9.17) is 9.05 Å². The lowest BCUT2D eigenvalue weighted by atomic mass is 10.0. The SMILES string of the molecule is COP(=O)(OC)C(O)=Cc1cccc2ccccc12. The number of aliphatic hydroxyl groups excluding tert-OH is 1. The molecule has 0 aromatic heterocycles. The van der Waals surface area contributed by atoms with Gasteiger partial charge in [0.15, 0.2) is 0 Å². The number of hydrogen-bond acceptors (Lipinski definition) is 4. The third-order valence-electron chi connectivity index (χ3n) is 2.87. The van der Waals surface area contributed by atoms with Crippen molar-refractivity contribution in [2.24, 2.45) is 0 Å². The van der Waals surface area contributed by atoms with Crippen LogP contribution in [0.15, 0.2) is 48.0 Å². The number of aliphatic hydroxyl groups is 1. The Morgan fingerprint density at radius 1 is 1.11 bits per heavy atom. The topological polar surface area (TPSA) is 55.8 Å². The number of hydrogen-bond donors (Lipinski definition) is 1. The Hall–Kier alpha value is -1.61. The van der Waals surface area contributed by atoms with Crippen LogP contribution in [0.3, 0.4) is 0 Å². The van der Waals surface area contributed by atoms with Crippen molar-refractivity contribution in [3.05, 3.63) is 53.5 Å². The van der Waals surface area contributed by atoms with Crippen molar-refractivity contribution in [1.82, 2.24) is 0 Å². The molecular weight excluding hydrogens is 263 g/mol. The molecule has 0 bridgehead atoms. The Kier molecular flexibility index (Phi) is 4.05. The van der Waals surface area contributed by atoms with Crippen molar-refractivity contribution >= 4 is 24.4 Å². The smallest absolute Gasteiger partial charge is 0.394 e. The van der Waals surface area contributed by atoms with Gasteiger partial charge in [-0.15, -0.1) is 0 Å². The van der Waals surface area contributed by atoms with Crippen LogP contribution in [0.25, 0.3) is 16.8 Å². The van der Waals surface area contributed by atoms with Gasteiger partial charge in [-0.2, -0.15) is 0 Å². The van der Waals surface area contributed by atoms with Crippen LogP contribution in [-0.2, 0) is 13.6 Å². The molecule has 19 heavy (non-hydrogen) atoms. The Bertz CT molecular complexity index is 650. The molecule has 0 amide bonds. The largest absolute Gasteiger partial charge is 0.501 e. The zero-order chi connectivity index (χ0) is 13.9. The summed E-state index contributed by atoms with van der Waals surface area (Å²) in [5, 5.41) is 11.9. The predicted molar refractivity (Wildman–Crippen MR) is 76.2 cm³/mol. The van der Waals surface area contributed by atoms with Gasteiger partial charge >= 0.3 is 7.60 Å². The van der Waals surface area contributed by atoms with Crippen LogP contribution in [0.2, 0.25) is 0 Å². The van der Waals surface area contributed by atoms with Crippen LogP contribution in [0.1, 0.15) is 5.56 Å². The summed E-state index contributed by atoms with van der Waals surface area (Å²) in [6, 6.07) is 13.4. The first-order chi connectivity index (χ1) is 9.10. The molecule has 1 N–H and O–H groups in total. The fourth-order valence-electron chi connectivity index (χ4n) is 1.86. The first kappa shape index (κ1) is 13.8. The molecule has 2 rings (SSSR count). The van der Waals surface area contributed by atoms with Crippen LogP contribution in [0, 0.1) is 0 Å². The molecule has 0 aliphatic rings. The molecule has 0 heterocycles. The van der Waals surface area contributed by atoms with Crippen LogP contribution in [-0.4, -0.2) is 19.3 Å². The number of benzene rings is 2. The monoisotopic (exact) mass is 278 g/mol. The van der Waals surface area contributed by atoms with Crippen LogP contribution < -0.4 is 0 Å². The molecule has 0 unspecified atom stereocenters. The fourth-order valence-corrected chi connectivity index (χ4v) is 2.68. The van der Waals surface area contributed by atoms with E-state index in [1.54, 1.807) is 0 Å². The first-order valence-corrected chi connectivity index (χ1v) is 7.25. The van der Waals surface area contributed by atoms with Crippen molar-refractivity contribution in [3.63, 3.8) is 0 Å². The zero-order valence-corrected chi connectivity index (χ0v) is 11.6. The second kappa shape index (κ2) is 5.57. The molecule has 100 valence electrons. The van der Waals surface area contributed by atoms with Crippen molar-refractivity contribution in [2.75, 3.05) is 14.2 Å². The van der Waals surface area contributed by atoms with E-state index in [2.05, 4.69) is 0 Å². The van der Waals surface area contributed by atoms with E-state index in [1.807, 2.05) is 42.5 Å². The van der Waals surface area contributed by atoms with Gasteiger partial charge in [0.25, 0.3) is 0 Å². The maximum Gasteiger partial charge on any atom is 0.394 e. The van der Waals surface area contributed by atoms with Gasteiger partial charge in [0.2, 0.25) is 5.50 Å². The molecule has 0 atom stereocenters. The third kappa shape index (κ3) is 2.71. The maximum atomic E-state index is 12.0. The molecule has 0 fully saturated rings. The molecular formula is C14H15O4P. The van der Waals surface area contributed by atoms with Gasteiger partial charge in [-0.05, 0) is 22.4 Å². The van der Waals surface area contributed by atoms with Crippen LogP contribution in [0.4, 0.5) is 0 Å². The first-order valence-electron chi connectivity index (χ1n) is 5.71. The van der Waals surface area contributed by atoms with Gasteiger partial charge in [0, 0.05) is 14.2 Å². The van der Waals surface area contributed by atoms with Gasteiger partial charge < -0.3 is 14.2 Å². The van der Waals surface area contributed by atoms with Crippen molar-refractivity contribution in [1.29, 1.82) is 0 Å². The lowest BCUT2D eigenvalue weighted by Crippen LogP contribution is -1.92. The Balaban J connectivity index is 2.54. The summed E-state index contributed by atoms with van der Waals surface area (Å²) in [7, 11) is -1.13. The minimum atomic E-state index is -3.60. The standard InChI is InChI=1S/C14H15O4P/c1-17-19(16,18-2)14(15)10-12-8-5-7-11-6-3-4-9-13(11)12/h3-10,15H,1-2H3. The lowest BCUT2D eigenvalue weighted by molar-refractivity contribution is 0.262. The van der Waals surface area contributed by atoms with Crippen molar-refractivity contribution in [3.8, 4) is 0 Å².